The van der Waals surface area contributed by atoms with Crippen LogP contribution in [0.5, 0.6) is 5.75 Å². The molecule has 2 amide bonds. The summed E-state index contributed by atoms with van der Waals surface area (Å²) in [5, 5.41) is 3.09. The molecule has 8 nitrogen and oxygen atoms in total. The number of hydrogen-bond acceptors (Lipinski definition) is 5. The Morgan fingerprint density at radius 3 is 2.21 bits per heavy atom. The van der Waals surface area contributed by atoms with E-state index in [2.05, 4.69) is 19.2 Å². The molecule has 3 aromatic rings. The van der Waals surface area contributed by atoms with Crippen molar-refractivity contribution in [3.05, 3.63) is 90.0 Å². The summed E-state index contributed by atoms with van der Waals surface area (Å²) in [5.74, 6) is 0.148. The van der Waals surface area contributed by atoms with Gasteiger partial charge in [-0.2, -0.15) is 0 Å². The molecule has 1 aliphatic carbocycles. The predicted octanol–water partition coefficient (Wildman–Crippen LogP) is 5.49. The van der Waals surface area contributed by atoms with Gasteiger partial charge in [0.25, 0.3) is 10.0 Å². The average Bonchev–Trinajstić information content (AvgIpc) is 3.51. The number of methoxy groups -OCH3 is 1. The molecule has 1 N–H and O–H groups in total. The van der Waals surface area contributed by atoms with Gasteiger partial charge in [0.05, 0.1) is 17.7 Å². The Hall–Kier alpha value is -3.85. The number of nitrogens with zero attached hydrogens (tertiary/aromatic N) is 2. The van der Waals surface area contributed by atoms with Crippen molar-refractivity contribution in [1.29, 1.82) is 0 Å². The first-order valence-electron chi connectivity index (χ1n) is 14.5. The lowest BCUT2D eigenvalue weighted by molar-refractivity contribution is -0.139. The second-order valence-electron chi connectivity index (χ2n) is 11.1. The lowest BCUT2D eigenvalue weighted by Crippen LogP contribution is -2.52. The highest BCUT2D eigenvalue weighted by Gasteiger charge is 2.33. The molecule has 42 heavy (non-hydrogen) atoms. The number of amides is 2. The zero-order valence-corrected chi connectivity index (χ0v) is 25.6. The molecule has 1 fully saturated rings. The Balaban J connectivity index is 1.69. The molecular formula is C33H41N3O5S. The van der Waals surface area contributed by atoms with Crippen molar-refractivity contribution in [2.24, 2.45) is 0 Å². The van der Waals surface area contributed by atoms with Gasteiger partial charge in [0, 0.05) is 12.6 Å². The fourth-order valence-corrected chi connectivity index (χ4v) is 6.65. The van der Waals surface area contributed by atoms with E-state index < -0.39 is 28.5 Å². The van der Waals surface area contributed by atoms with Gasteiger partial charge in [-0.3, -0.25) is 13.9 Å². The van der Waals surface area contributed by atoms with Crippen molar-refractivity contribution in [3.8, 4) is 5.75 Å². The summed E-state index contributed by atoms with van der Waals surface area (Å²) in [6.45, 7) is 5.46. The second kappa shape index (κ2) is 13.9. The number of ether oxygens (including phenoxy) is 1. The van der Waals surface area contributed by atoms with Gasteiger partial charge in [-0.05, 0) is 73.2 Å². The van der Waals surface area contributed by atoms with E-state index >= 15 is 0 Å². The van der Waals surface area contributed by atoms with Crippen LogP contribution >= 0.6 is 0 Å². The van der Waals surface area contributed by atoms with E-state index in [0.29, 0.717) is 11.4 Å². The van der Waals surface area contributed by atoms with Gasteiger partial charge in [-0.15, -0.1) is 0 Å². The Labute approximate surface area is 249 Å². The molecule has 4 rings (SSSR count). The average molecular weight is 592 g/mol. The monoisotopic (exact) mass is 591 g/mol. The van der Waals surface area contributed by atoms with Crippen LogP contribution in [-0.2, 0) is 26.2 Å². The molecule has 3 aromatic carbocycles. The normalized spacial score (nSPS) is 14.4. The summed E-state index contributed by atoms with van der Waals surface area (Å²) >= 11 is 0. The van der Waals surface area contributed by atoms with Crippen molar-refractivity contribution < 1.29 is 22.7 Å². The number of anilines is 1. The third kappa shape index (κ3) is 7.50. The van der Waals surface area contributed by atoms with Crippen molar-refractivity contribution in [2.45, 2.75) is 75.9 Å². The van der Waals surface area contributed by atoms with E-state index in [4.69, 9.17) is 4.74 Å². The number of hydrogen-bond donors (Lipinski definition) is 1. The topological polar surface area (TPSA) is 96.0 Å². The van der Waals surface area contributed by atoms with Gasteiger partial charge in [-0.25, -0.2) is 8.42 Å². The molecule has 1 aliphatic rings. The van der Waals surface area contributed by atoms with E-state index in [1.807, 2.05) is 30.3 Å². The molecule has 0 heterocycles. The highest BCUT2D eigenvalue weighted by molar-refractivity contribution is 7.92. The van der Waals surface area contributed by atoms with E-state index in [0.717, 1.165) is 41.1 Å². The van der Waals surface area contributed by atoms with Gasteiger partial charge in [-0.1, -0.05) is 69.2 Å². The zero-order chi connectivity index (χ0) is 30.3. The first kappa shape index (κ1) is 31.1. The van der Waals surface area contributed by atoms with Crippen LogP contribution in [0.2, 0.25) is 0 Å². The number of carbonyl (C=O) groups excluding carboxylic acids is 2. The first-order valence-corrected chi connectivity index (χ1v) is 15.9. The van der Waals surface area contributed by atoms with Crippen LogP contribution in [0.1, 0.15) is 63.5 Å². The van der Waals surface area contributed by atoms with Crippen LogP contribution in [0.15, 0.2) is 83.8 Å². The lowest BCUT2D eigenvalue weighted by atomic mass is 10.0. The standard InChI is InChI=1S/C33H41N3O5S/c1-24(2)27-17-19-29(20-18-27)36(42(39,40)31-15-6-5-7-16-31)23-32(37)35(22-26-11-10-14-30(21-26)41-4)25(3)33(38)34-28-12-8-9-13-28/h5-7,10-11,14-21,24-25,28H,8-9,12-13,22-23H2,1-4H3,(H,34,38)/t25-/m0/s1. The Morgan fingerprint density at radius 1 is 0.929 bits per heavy atom. The number of carbonyl (C=O) groups is 2. The zero-order valence-electron chi connectivity index (χ0n) is 24.8. The Morgan fingerprint density at radius 2 is 1.60 bits per heavy atom. The smallest absolute Gasteiger partial charge is 0.264 e. The highest BCUT2D eigenvalue weighted by atomic mass is 32.2. The van der Waals surface area contributed by atoms with Crippen molar-refractivity contribution in [3.63, 3.8) is 0 Å². The van der Waals surface area contributed by atoms with Crippen LogP contribution in [0.25, 0.3) is 0 Å². The first-order chi connectivity index (χ1) is 20.1. The van der Waals surface area contributed by atoms with Crippen molar-refractivity contribution >= 4 is 27.5 Å². The molecule has 0 spiro atoms. The van der Waals surface area contributed by atoms with E-state index in [1.54, 1.807) is 50.4 Å². The second-order valence-corrected chi connectivity index (χ2v) is 13.0. The largest absolute Gasteiger partial charge is 0.497 e. The number of sulfonamides is 1. The maximum absolute atomic E-state index is 14.1. The van der Waals surface area contributed by atoms with Crippen molar-refractivity contribution in [2.75, 3.05) is 18.0 Å². The molecule has 9 heteroatoms. The minimum Gasteiger partial charge on any atom is -0.497 e. The van der Waals surface area contributed by atoms with E-state index in [-0.39, 0.29) is 29.3 Å². The fourth-order valence-electron chi connectivity index (χ4n) is 5.22. The van der Waals surface area contributed by atoms with Crippen LogP contribution in [0.4, 0.5) is 5.69 Å². The van der Waals surface area contributed by atoms with Crippen LogP contribution in [-0.4, -0.2) is 50.9 Å². The summed E-state index contributed by atoms with van der Waals surface area (Å²) in [5.41, 5.74) is 2.20. The quantitative estimate of drug-likeness (QED) is 0.301. The van der Waals surface area contributed by atoms with E-state index in [1.165, 1.54) is 17.0 Å². The van der Waals surface area contributed by atoms with Crippen LogP contribution < -0.4 is 14.4 Å². The number of rotatable bonds is 12. The fraction of sp³-hybridized carbons (Fsp3) is 0.394. The maximum Gasteiger partial charge on any atom is 0.264 e. The molecule has 1 atom stereocenters. The SMILES string of the molecule is COc1cccc(CN(C(=O)CN(c2ccc(C(C)C)cc2)S(=O)(=O)c2ccccc2)[C@@H](C)C(=O)NC2CCCC2)c1. The molecular weight excluding hydrogens is 550 g/mol. The summed E-state index contributed by atoms with van der Waals surface area (Å²) in [7, 11) is -2.53. The third-order valence-corrected chi connectivity index (χ3v) is 9.60. The van der Waals surface area contributed by atoms with Gasteiger partial charge >= 0.3 is 0 Å². The third-order valence-electron chi connectivity index (χ3n) is 7.81. The van der Waals surface area contributed by atoms with Crippen LogP contribution in [0.3, 0.4) is 0 Å². The summed E-state index contributed by atoms with van der Waals surface area (Å²) in [4.78, 5) is 29.0. The summed E-state index contributed by atoms with van der Waals surface area (Å²) < 4.78 is 34.4. The number of benzene rings is 3. The van der Waals surface area contributed by atoms with Gasteiger partial charge in [0.15, 0.2) is 0 Å². The number of nitrogens with one attached hydrogen (secondary N) is 1. The van der Waals surface area contributed by atoms with E-state index in [9.17, 15) is 18.0 Å². The highest BCUT2D eigenvalue weighted by Crippen LogP contribution is 2.27. The minimum atomic E-state index is -4.10. The van der Waals surface area contributed by atoms with Crippen molar-refractivity contribution in [1.82, 2.24) is 10.2 Å². The Bertz CT molecular complexity index is 1450. The molecule has 1 saturated carbocycles. The van der Waals surface area contributed by atoms with Gasteiger partial charge < -0.3 is 15.0 Å². The lowest BCUT2D eigenvalue weighted by Gasteiger charge is -2.32. The van der Waals surface area contributed by atoms with Gasteiger partial charge in [0.2, 0.25) is 11.8 Å². The molecule has 0 saturated heterocycles. The molecule has 0 aliphatic heterocycles. The molecule has 0 radical (unpaired) electrons. The summed E-state index contributed by atoms with van der Waals surface area (Å²) in [6, 6.07) is 21.8. The van der Waals surface area contributed by atoms with Gasteiger partial charge in [0.1, 0.15) is 18.3 Å². The summed E-state index contributed by atoms with van der Waals surface area (Å²) in [6.07, 6.45) is 3.96. The minimum absolute atomic E-state index is 0.0807. The Kier molecular flexibility index (Phi) is 10.3. The van der Waals surface area contributed by atoms with Crippen LogP contribution in [0, 0.1) is 0 Å². The molecule has 0 unspecified atom stereocenters. The predicted molar refractivity (Wildman–Crippen MR) is 165 cm³/mol. The maximum atomic E-state index is 14.1. The molecule has 0 bridgehead atoms. The molecule has 0 aromatic heterocycles. The molecule has 224 valence electrons.